The van der Waals surface area contributed by atoms with Crippen LogP contribution in [0.3, 0.4) is 0 Å². The number of rotatable bonds is 6. The zero-order valence-electron chi connectivity index (χ0n) is 12.6. The lowest BCUT2D eigenvalue weighted by atomic mass is 10.2. The van der Waals surface area contributed by atoms with E-state index in [4.69, 9.17) is 0 Å². The number of nitrogens with one attached hydrogen (secondary N) is 1. The van der Waals surface area contributed by atoms with Gasteiger partial charge in [0.05, 0.1) is 12.5 Å². The third-order valence-corrected chi connectivity index (χ3v) is 1.60. The Morgan fingerprint density at radius 2 is 1.63 bits per heavy atom. The van der Waals surface area contributed by atoms with E-state index in [2.05, 4.69) is 18.3 Å². The van der Waals surface area contributed by atoms with Gasteiger partial charge in [-0.3, -0.25) is 0 Å². The van der Waals surface area contributed by atoms with Crippen LogP contribution in [0.25, 0.3) is 0 Å². The van der Waals surface area contributed by atoms with E-state index >= 15 is 0 Å². The minimum atomic E-state index is -3.30. The lowest BCUT2D eigenvalue weighted by Crippen LogP contribution is -2.15. The van der Waals surface area contributed by atoms with Crippen LogP contribution in [0, 0.1) is 0 Å². The summed E-state index contributed by atoms with van der Waals surface area (Å²) in [6, 6.07) is 0. The molecule has 0 aromatic rings. The molecular formula is C14H26N2O2S. The molecule has 0 fully saturated rings. The molecule has 0 atom stereocenters. The molecular weight excluding hydrogens is 260 g/mol. The highest BCUT2D eigenvalue weighted by molar-refractivity contribution is 7.88. The number of sulfonamides is 1. The molecule has 0 rings (SSSR count). The number of allylic oxidation sites excluding steroid dienone is 6. The van der Waals surface area contributed by atoms with Crippen LogP contribution in [0.5, 0.6) is 0 Å². The standard InChI is InChI=1S/C10H14N2O2S.2C2H6/c1-4-6-8-10(7-5-2)9-11-12-15(3,13)14;2*1-2/h4-9,12H,1-2H2,3H3;2*1-2H3/b8-6-,10-7+,11-9-;;. The summed E-state index contributed by atoms with van der Waals surface area (Å²) in [6.45, 7) is 15.0. The molecule has 19 heavy (non-hydrogen) atoms. The van der Waals surface area contributed by atoms with Crippen molar-refractivity contribution in [3.63, 3.8) is 0 Å². The molecule has 0 aromatic heterocycles. The summed E-state index contributed by atoms with van der Waals surface area (Å²) in [4.78, 5) is 1.99. The van der Waals surface area contributed by atoms with Gasteiger partial charge >= 0.3 is 0 Å². The van der Waals surface area contributed by atoms with Crippen molar-refractivity contribution in [2.75, 3.05) is 6.26 Å². The van der Waals surface area contributed by atoms with E-state index in [1.54, 1.807) is 30.4 Å². The van der Waals surface area contributed by atoms with E-state index in [0.29, 0.717) is 5.57 Å². The molecule has 5 heteroatoms. The SMILES string of the molecule is C=C\C=C/C(/C=N\NS(C)(=O)=O)=C\C=C.CC.CC. The van der Waals surface area contributed by atoms with Gasteiger partial charge in [0.15, 0.2) is 0 Å². The third kappa shape index (κ3) is 22.1. The van der Waals surface area contributed by atoms with Crippen molar-refractivity contribution < 1.29 is 8.42 Å². The first-order chi connectivity index (χ1) is 8.99. The summed E-state index contributed by atoms with van der Waals surface area (Å²) < 4.78 is 21.4. The minimum absolute atomic E-state index is 0.709. The van der Waals surface area contributed by atoms with E-state index in [1.807, 2.05) is 32.5 Å². The molecule has 0 unspecified atom stereocenters. The quantitative estimate of drug-likeness (QED) is 0.462. The number of nitrogens with zero attached hydrogens (tertiary/aromatic N) is 1. The minimum Gasteiger partial charge on any atom is -0.206 e. The van der Waals surface area contributed by atoms with Crippen molar-refractivity contribution in [1.82, 2.24) is 4.83 Å². The summed E-state index contributed by atoms with van der Waals surface area (Å²) in [5.74, 6) is 0. The maximum absolute atomic E-state index is 10.7. The van der Waals surface area contributed by atoms with Gasteiger partial charge in [-0.2, -0.15) is 5.10 Å². The Hall–Kier alpha value is -1.62. The van der Waals surface area contributed by atoms with Crippen LogP contribution in [0.15, 0.2) is 54.2 Å². The Labute approximate surface area is 118 Å². The lowest BCUT2D eigenvalue weighted by molar-refractivity contribution is 0.591. The first-order valence-corrected chi connectivity index (χ1v) is 8.00. The predicted octanol–water partition coefficient (Wildman–Crippen LogP) is 3.43. The molecule has 1 N–H and O–H groups in total. The number of hydrogen-bond donors (Lipinski definition) is 1. The van der Waals surface area contributed by atoms with E-state index in [1.165, 1.54) is 6.21 Å². The molecule has 0 radical (unpaired) electrons. The number of hydrogen-bond acceptors (Lipinski definition) is 3. The maximum Gasteiger partial charge on any atom is 0.244 e. The second kappa shape index (κ2) is 16.4. The van der Waals surface area contributed by atoms with Gasteiger partial charge in [-0.25, -0.2) is 13.2 Å². The Morgan fingerprint density at radius 1 is 1.11 bits per heavy atom. The highest BCUT2D eigenvalue weighted by Gasteiger charge is 1.93. The van der Waals surface area contributed by atoms with Crippen molar-refractivity contribution in [1.29, 1.82) is 0 Å². The van der Waals surface area contributed by atoms with Crippen molar-refractivity contribution in [2.24, 2.45) is 5.10 Å². The Balaban J connectivity index is -0.000000579. The van der Waals surface area contributed by atoms with Crippen LogP contribution in [0.4, 0.5) is 0 Å². The Bertz CT molecular complexity index is 405. The molecule has 4 nitrogen and oxygen atoms in total. The molecule has 0 aliphatic carbocycles. The second-order valence-corrected chi connectivity index (χ2v) is 4.35. The highest BCUT2D eigenvalue weighted by Crippen LogP contribution is 1.94. The number of hydrazone groups is 1. The zero-order chi connectivity index (χ0) is 15.7. The van der Waals surface area contributed by atoms with Crippen LogP contribution < -0.4 is 4.83 Å². The fourth-order valence-electron chi connectivity index (χ4n) is 0.653. The fourth-order valence-corrected chi connectivity index (χ4v) is 0.898. The van der Waals surface area contributed by atoms with Gasteiger partial charge in [0, 0.05) is 0 Å². The lowest BCUT2D eigenvalue weighted by Gasteiger charge is -1.94. The van der Waals surface area contributed by atoms with Crippen LogP contribution in [0.2, 0.25) is 0 Å². The maximum atomic E-state index is 10.7. The molecule has 0 spiro atoms. The van der Waals surface area contributed by atoms with E-state index in [-0.39, 0.29) is 0 Å². The zero-order valence-corrected chi connectivity index (χ0v) is 13.4. The van der Waals surface area contributed by atoms with Gasteiger partial charge in [0.1, 0.15) is 0 Å². The molecule has 0 bridgehead atoms. The molecule has 0 heterocycles. The van der Waals surface area contributed by atoms with Crippen molar-refractivity contribution in [2.45, 2.75) is 27.7 Å². The largest absolute Gasteiger partial charge is 0.244 e. The van der Waals surface area contributed by atoms with Gasteiger partial charge in [-0.05, 0) is 5.57 Å². The highest BCUT2D eigenvalue weighted by atomic mass is 32.2. The fraction of sp³-hybridized carbons (Fsp3) is 0.357. The van der Waals surface area contributed by atoms with Gasteiger partial charge in [-0.1, -0.05) is 71.2 Å². The van der Waals surface area contributed by atoms with Gasteiger partial charge < -0.3 is 0 Å². The van der Waals surface area contributed by atoms with E-state index < -0.39 is 10.0 Å². The summed E-state index contributed by atoms with van der Waals surface area (Å²) in [6.07, 6.45) is 10.7. The summed E-state index contributed by atoms with van der Waals surface area (Å²) >= 11 is 0. The van der Waals surface area contributed by atoms with Crippen molar-refractivity contribution >= 4 is 16.2 Å². The predicted molar refractivity (Wildman–Crippen MR) is 86.8 cm³/mol. The molecule has 0 saturated heterocycles. The average Bonchev–Trinajstić information content (AvgIpc) is 2.39. The molecule has 0 aliphatic rings. The molecule has 0 amide bonds. The van der Waals surface area contributed by atoms with Crippen LogP contribution in [-0.4, -0.2) is 20.9 Å². The molecule has 0 aromatic carbocycles. The molecule has 110 valence electrons. The van der Waals surface area contributed by atoms with Crippen LogP contribution in [-0.2, 0) is 10.0 Å². The Morgan fingerprint density at radius 3 is 2.00 bits per heavy atom. The normalized spacial score (nSPS) is 11.1. The van der Waals surface area contributed by atoms with Crippen LogP contribution in [0.1, 0.15) is 27.7 Å². The Kier molecular flexibility index (Phi) is 19.4. The van der Waals surface area contributed by atoms with Gasteiger partial charge in [-0.15, -0.1) is 0 Å². The smallest absolute Gasteiger partial charge is 0.206 e. The first-order valence-electron chi connectivity index (χ1n) is 6.11. The monoisotopic (exact) mass is 286 g/mol. The summed E-state index contributed by atoms with van der Waals surface area (Å²) in [5, 5.41) is 3.55. The van der Waals surface area contributed by atoms with E-state index in [9.17, 15) is 8.42 Å². The van der Waals surface area contributed by atoms with Crippen molar-refractivity contribution in [3.05, 3.63) is 49.1 Å². The van der Waals surface area contributed by atoms with Crippen molar-refractivity contribution in [3.8, 4) is 0 Å². The third-order valence-electron chi connectivity index (χ3n) is 1.17. The summed E-state index contributed by atoms with van der Waals surface area (Å²) in [5.41, 5.74) is 0.709. The van der Waals surface area contributed by atoms with E-state index in [0.717, 1.165) is 6.26 Å². The van der Waals surface area contributed by atoms with Gasteiger partial charge in [0.25, 0.3) is 0 Å². The molecule has 0 aliphatic heterocycles. The topological polar surface area (TPSA) is 58.5 Å². The second-order valence-electron chi connectivity index (χ2n) is 2.62. The van der Waals surface area contributed by atoms with Gasteiger partial charge in [0.2, 0.25) is 10.0 Å². The first kappa shape index (κ1) is 22.6. The van der Waals surface area contributed by atoms with Crippen LogP contribution >= 0.6 is 0 Å². The molecule has 0 saturated carbocycles. The average molecular weight is 286 g/mol. The summed E-state index contributed by atoms with van der Waals surface area (Å²) in [7, 11) is -3.30.